The molecule has 2 saturated heterocycles. The zero-order valence-corrected chi connectivity index (χ0v) is 15.7. The second-order valence-corrected chi connectivity index (χ2v) is 8.95. The lowest BCUT2D eigenvalue weighted by Gasteiger charge is -2.32. The summed E-state index contributed by atoms with van der Waals surface area (Å²) in [6.45, 7) is 16.2. The smallest absolute Gasteiger partial charge is 0.398 e. The monoisotopic (exact) mass is 326 g/mol. The van der Waals surface area contributed by atoms with E-state index < -0.39 is 18.3 Å². The fourth-order valence-electron chi connectivity index (χ4n) is 2.99. The van der Waals surface area contributed by atoms with Crippen molar-refractivity contribution in [1.29, 1.82) is 0 Å². The lowest BCUT2D eigenvalue weighted by Crippen LogP contribution is -2.41. The van der Waals surface area contributed by atoms with Crippen LogP contribution in [0.4, 0.5) is 4.39 Å². The van der Waals surface area contributed by atoms with Gasteiger partial charge in [-0.25, -0.2) is 4.39 Å². The van der Waals surface area contributed by atoms with Crippen molar-refractivity contribution in [3.05, 3.63) is 11.3 Å². The molecular weight excluding hydrogens is 294 g/mol. The molecule has 2 rings (SSSR count). The average Bonchev–Trinajstić information content (AvgIpc) is 2.86. The number of hydrogen-bond donors (Lipinski definition) is 1. The summed E-state index contributed by atoms with van der Waals surface area (Å²) in [7, 11) is -0.925. The van der Waals surface area contributed by atoms with E-state index in [-0.39, 0.29) is 17.2 Å². The summed E-state index contributed by atoms with van der Waals surface area (Å²) in [5.74, 6) is 0. The molecule has 1 atom stereocenters. The number of halogens is 1. The second kappa shape index (κ2) is 6.14. The molecule has 132 valence electrons. The van der Waals surface area contributed by atoms with Gasteiger partial charge in [0.05, 0.1) is 11.2 Å². The summed E-state index contributed by atoms with van der Waals surface area (Å²) < 4.78 is 27.1. The molecule has 0 spiro atoms. The molecule has 4 nitrogen and oxygen atoms in total. The van der Waals surface area contributed by atoms with E-state index in [9.17, 15) is 0 Å². The second-order valence-electron chi connectivity index (χ2n) is 8.95. The number of nitrogens with two attached hydrogens (primary N) is 1. The molecule has 0 aromatic heterocycles. The Balaban J connectivity index is 2.25. The molecule has 0 amide bonds. The summed E-state index contributed by atoms with van der Waals surface area (Å²) in [4.78, 5) is 2.22. The fourth-order valence-corrected chi connectivity index (χ4v) is 2.99. The Morgan fingerprint density at radius 2 is 1.74 bits per heavy atom. The fraction of sp³-hybridized carbons (Fsp3) is 0.882. The molecule has 23 heavy (non-hydrogen) atoms. The highest BCUT2D eigenvalue weighted by Gasteiger charge is 2.54. The van der Waals surface area contributed by atoms with Gasteiger partial charge in [-0.15, -0.1) is 0 Å². The van der Waals surface area contributed by atoms with Gasteiger partial charge in [0.2, 0.25) is 0 Å². The van der Waals surface area contributed by atoms with E-state index in [1.165, 1.54) is 0 Å². The standard InChI is InChI=1S/C17H32BFN2O2/c1-15(2,3)13(11-21-9-8-12(20)10-21)14(19)18-22-16(4,5)17(6,7)23-18/h12H,8-11,20H2,1-7H3. The van der Waals surface area contributed by atoms with Crippen molar-refractivity contribution in [3.63, 3.8) is 0 Å². The van der Waals surface area contributed by atoms with Crippen LogP contribution in [0.1, 0.15) is 54.9 Å². The molecule has 2 N–H and O–H groups in total. The molecule has 0 aliphatic carbocycles. The van der Waals surface area contributed by atoms with Crippen LogP contribution in [-0.2, 0) is 9.31 Å². The van der Waals surface area contributed by atoms with Crippen LogP contribution < -0.4 is 5.73 Å². The molecule has 1 unspecified atom stereocenters. The highest BCUT2D eigenvalue weighted by molar-refractivity contribution is 6.53. The predicted octanol–water partition coefficient (Wildman–Crippen LogP) is 2.92. The highest BCUT2D eigenvalue weighted by atomic mass is 19.1. The Hall–Kier alpha value is -0.425. The molecule has 0 bridgehead atoms. The van der Waals surface area contributed by atoms with E-state index in [0.29, 0.717) is 6.54 Å². The summed E-state index contributed by atoms with van der Waals surface area (Å²) >= 11 is 0. The molecule has 6 heteroatoms. The summed E-state index contributed by atoms with van der Waals surface area (Å²) in [5.41, 5.74) is 5.08. The van der Waals surface area contributed by atoms with E-state index in [4.69, 9.17) is 15.0 Å². The van der Waals surface area contributed by atoms with Gasteiger partial charge in [-0.2, -0.15) is 0 Å². The third kappa shape index (κ3) is 3.98. The lowest BCUT2D eigenvalue weighted by molar-refractivity contribution is 0.00578. The molecule has 2 aliphatic rings. The van der Waals surface area contributed by atoms with Crippen LogP contribution in [0.5, 0.6) is 0 Å². The zero-order chi connectivity index (χ0) is 17.6. The third-order valence-electron chi connectivity index (χ3n) is 5.34. The van der Waals surface area contributed by atoms with Gasteiger partial charge in [-0.3, -0.25) is 4.90 Å². The third-order valence-corrected chi connectivity index (χ3v) is 5.34. The first-order valence-corrected chi connectivity index (χ1v) is 8.56. The van der Waals surface area contributed by atoms with Crippen molar-refractivity contribution in [2.24, 2.45) is 11.1 Å². The number of nitrogens with zero attached hydrogens (tertiary/aromatic N) is 1. The van der Waals surface area contributed by atoms with Crippen LogP contribution in [0.2, 0.25) is 0 Å². The number of likely N-dealkylation sites (tertiary alicyclic amines) is 1. The maximum atomic E-state index is 15.3. The quantitative estimate of drug-likeness (QED) is 0.810. The highest BCUT2D eigenvalue weighted by Crippen LogP contribution is 2.41. The van der Waals surface area contributed by atoms with Crippen molar-refractivity contribution < 1.29 is 13.7 Å². The van der Waals surface area contributed by atoms with Crippen molar-refractivity contribution in [3.8, 4) is 0 Å². The Labute approximate surface area is 140 Å². The van der Waals surface area contributed by atoms with Crippen LogP contribution in [0.15, 0.2) is 11.3 Å². The molecule has 2 heterocycles. The van der Waals surface area contributed by atoms with Crippen molar-refractivity contribution in [2.75, 3.05) is 19.6 Å². The molecule has 0 aromatic carbocycles. The van der Waals surface area contributed by atoms with E-state index >= 15 is 4.39 Å². The largest absolute Gasteiger partial charge is 0.525 e. The minimum absolute atomic E-state index is 0.191. The molecule has 0 aromatic rings. The van der Waals surface area contributed by atoms with E-state index in [1.54, 1.807) is 0 Å². The van der Waals surface area contributed by atoms with Gasteiger partial charge >= 0.3 is 7.12 Å². The van der Waals surface area contributed by atoms with E-state index in [1.807, 2.05) is 48.5 Å². The summed E-state index contributed by atoms with van der Waals surface area (Å²) in [6, 6.07) is 0.191. The van der Waals surface area contributed by atoms with Gasteiger partial charge in [0.1, 0.15) is 5.73 Å². The topological polar surface area (TPSA) is 47.7 Å². The van der Waals surface area contributed by atoms with Gasteiger partial charge in [0.25, 0.3) is 0 Å². The SMILES string of the molecule is CC(C)(C)C(CN1CCC(N)C1)=C(F)B1OC(C)(C)C(C)(C)O1. The average molecular weight is 326 g/mol. The predicted molar refractivity (Wildman–Crippen MR) is 92.7 cm³/mol. The van der Waals surface area contributed by atoms with Crippen LogP contribution in [-0.4, -0.2) is 48.9 Å². The maximum Gasteiger partial charge on any atom is 0.525 e. The van der Waals surface area contributed by atoms with Gasteiger partial charge in [-0.05, 0) is 45.1 Å². The van der Waals surface area contributed by atoms with Crippen LogP contribution in [0.3, 0.4) is 0 Å². The van der Waals surface area contributed by atoms with Crippen LogP contribution in [0.25, 0.3) is 0 Å². The summed E-state index contributed by atoms with van der Waals surface area (Å²) in [6.07, 6.45) is 0.968. The molecule has 2 aliphatic heterocycles. The normalized spacial score (nSPS) is 29.1. The van der Waals surface area contributed by atoms with E-state index in [0.717, 1.165) is 25.1 Å². The van der Waals surface area contributed by atoms with Crippen LogP contribution in [0, 0.1) is 5.41 Å². The first-order valence-electron chi connectivity index (χ1n) is 8.56. The van der Waals surface area contributed by atoms with Crippen molar-refractivity contribution in [1.82, 2.24) is 4.90 Å². The minimum atomic E-state index is -0.925. The van der Waals surface area contributed by atoms with Gasteiger partial charge < -0.3 is 15.0 Å². The molecule has 2 fully saturated rings. The Morgan fingerprint density at radius 1 is 1.22 bits per heavy atom. The summed E-state index contributed by atoms with van der Waals surface area (Å²) in [5, 5.41) is 0. The Bertz CT molecular complexity index is 469. The first kappa shape index (κ1) is 18.9. The Morgan fingerprint density at radius 3 is 2.13 bits per heavy atom. The molecule has 0 radical (unpaired) electrons. The molecule has 0 saturated carbocycles. The zero-order valence-electron chi connectivity index (χ0n) is 15.7. The lowest BCUT2D eigenvalue weighted by atomic mass is 9.75. The van der Waals surface area contributed by atoms with Gasteiger partial charge in [0, 0.05) is 25.7 Å². The van der Waals surface area contributed by atoms with Crippen molar-refractivity contribution >= 4 is 7.12 Å². The molecular formula is C17H32BFN2O2. The Kier molecular flexibility index (Phi) is 5.05. The number of rotatable bonds is 3. The maximum absolute atomic E-state index is 15.3. The van der Waals surface area contributed by atoms with Crippen LogP contribution >= 0.6 is 0 Å². The minimum Gasteiger partial charge on any atom is -0.398 e. The number of hydrogen-bond acceptors (Lipinski definition) is 4. The first-order chi connectivity index (χ1) is 10.3. The van der Waals surface area contributed by atoms with Gasteiger partial charge in [0.15, 0.2) is 0 Å². The van der Waals surface area contributed by atoms with Gasteiger partial charge in [-0.1, -0.05) is 20.8 Å². The van der Waals surface area contributed by atoms with Crippen molar-refractivity contribution in [2.45, 2.75) is 72.1 Å². The van der Waals surface area contributed by atoms with E-state index in [2.05, 4.69) is 4.90 Å².